The molecule has 16 heavy (non-hydrogen) atoms. The predicted molar refractivity (Wildman–Crippen MR) is 61.1 cm³/mol. The maximum atomic E-state index is 11.7. The minimum Gasteiger partial charge on any atom is -0.335 e. The average Bonchev–Trinajstić information content (AvgIpc) is 2.88. The highest BCUT2D eigenvalue weighted by atomic mass is 16.2. The standard InChI is InChI=1S/C12H20N2O2/c15-11(5-9-13-6-1-2-7-13)10-14-8-3-4-12(14)16/h1-10H2. The van der Waals surface area contributed by atoms with Gasteiger partial charge >= 0.3 is 0 Å². The van der Waals surface area contributed by atoms with Crippen LogP contribution in [-0.4, -0.2) is 54.2 Å². The highest BCUT2D eigenvalue weighted by molar-refractivity contribution is 5.87. The van der Waals surface area contributed by atoms with E-state index >= 15 is 0 Å². The summed E-state index contributed by atoms with van der Waals surface area (Å²) in [6.45, 7) is 4.26. The van der Waals surface area contributed by atoms with Crippen LogP contribution in [0.25, 0.3) is 0 Å². The summed E-state index contributed by atoms with van der Waals surface area (Å²) in [6.07, 6.45) is 4.67. The van der Waals surface area contributed by atoms with Gasteiger partial charge in [0, 0.05) is 25.9 Å². The summed E-state index contributed by atoms with van der Waals surface area (Å²) in [6, 6.07) is 0. The fourth-order valence-corrected chi connectivity index (χ4v) is 2.45. The van der Waals surface area contributed by atoms with Gasteiger partial charge in [0.25, 0.3) is 0 Å². The van der Waals surface area contributed by atoms with Gasteiger partial charge < -0.3 is 9.80 Å². The SMILES string of the molecule is O=C(CCN1CCCC1)CN1CCCC1=O. The molecule has 0 unspecified atom stereocenters. The van der Waals surface area contributed by atoms with Crippen LogP contribution < -0.4 is 0 Å². The van der Waals surface area contributed by atoms with Gasteiger partial charge in [-0.1, -0.05) is 0 Å². The lowest BCUT2D eigenvalue weighted by molar-refractivity contribution is -0.132. The Morgan fingerprint density at radius 2 is 1.88 bits per heavy atom. The van der Waals surface area contributed by atoms with Gasteiger partial charge in [0.05, 0.1) is 6.54 Å². The van der Waals surface area contributed by atoms with Crippen molar-refractivity contribution in [3.8, 4) is 0 Å². The molecule has 0 spiro atoms. The van der Waals surface area contributed by atoms with E-state index in [1.54, 1.807) is 4.90 Å². The van der Waals surface area contributed by atoms with E-state index in [1.807, 2.05) is 0 Å². The highest BCUT2D eigenvalue weighted by Gasteiger charge is 2.22. The van der Waals surface area contributed by atoms with Gasteiger partial charge in [-0.2, -0.15) is 0 Å². The third kappa shape index (κ3) is 3.04. The molecule has 0 aromatic carbocycles. The molecule has 0 radical (unpaired) electrons. The zero-order chi connectivity index (χ0) is 11.4. The Labute approximate surface area is 96.6 Å². The number of carbonyl (C=O) groups is 2. The van der Waals surface area contributed by atoms with Crippen molar-refractivity contribution in [2.24, 2.45) is 0 Å². The molecule has 2 fully saturated rings. The van der Waals surface area contributed by atoms with E-state index in [0.717, 1.165) is 32.6 Å². The average molecular weight is 224 g/mol. The first-order chi connectivity index (χ1) is 7.75. The van der Waals surface area contributed by atoms with E-state index in [1.165, 1.54) is 12.8 Å². The number of rotatable bonds is 5. The Balaban J connectivity index is 1.65. The largest absolute Gasteiger partial charge is 0.335 e. The zero-order valence-electron chi connectivity index (χ0n) is 9.78. The fourth-order valence-electron chi connectivity index (χ4n) is 2.45. The van der Waals surface area contributed by atoms with Crippen LogP contribution in [0.3, 0.4) is 0 Å². The molecule has 2 aliphatic rings. The van der Waals surface area contributed by atoms with E-state index in [4.69, 9.17) is 0 Å². The number of ketones is 1. The monoisotopic (exact) mass is 224 g/mol. The molecule has 0 aromatic heterocycles. The first kappa shape index (κ1) is 11.6. The van der Waals surface area contributed by atoms with Crippen LogP contribution in [0.2, 0.25) is 0 Å². The van der Waals surface area contributed by atoms with Crippen LogP contribution in [0.1, 0.15) is 32.1 Å². The van der Waals surface area contributed by atoms with Gasteiger partial charge in [-0.05, 0) is 32.4 Å². The third-order valence-corrected chi connectivity index (χ3v) is 3.44. The van der Waals surface area contributed by atoms with Gasteiger partial charge in [-0.15, -0.1) is 0 Å². The second-order valence-corrected chi connectivity index (χ2v) is 4.76. The van der Waals surface area contributed by atoms with Crippen molar-refractivity contribution in [2.45, 2.75) is 32.1 Å². The van der Waals surface area contributed by atoms with Crippen LogP contribution in [0.4, 0.5) is 0 Å². The summed E-state index contributed by atoms with van der Waals surface area (Å²) >= 11 is 0. The molecule has 0 aliphatic carbocycles. The van der Waals surface area contributed by atoms with E-state index in [9.17, 15) is 9.59 Å². The lowest BCUT2D eigenvalue weighted by atomic mass is 10.2. The maximum absolute atomic E-state index is 11.7. The zero-order valence-corrected chi connectivity index (χ0v) is 9.78. The molecule has 2 rings (SSSR count). The smallest absolute Gasteiger partial charge is 0.223 e. The molecule has 0 aromatic rings. The van der Waals surface area contributed by atoms with E-state index in [-0.39, 0.29) is 11.7 Å². The topological polar surface area (TPSA) is 40.6 Å². The minimum atomic E-state index is 0.148. The Kier molecular flexibility index (Phi) is 3.93. The van der Waals surface area contributed by atoms with Gasteiger partial charge in [-0.3, -0.25) is 9.59 Å². The Morgan fingerprint density at radius 3 is 2.50 bits per heavy atom. The van der Waals surface area contributed by atoms with Crippen LogP contribution in [0.5, 0.6) is 0 Å². The Bertz CT molecular complexity index is 272. The molecule has 0 atom stereocenters. The maximum Gasteiger partial charge on any atom is 0.223 e. The molecule has 4 heteroatoms. The van der Waals surface area contributed by atoms with Crippen molar-refractivity contribution < 1.29 is 9.59 Å². The van der Waals surface area contributed by atoms with Crippen LogP contribution in [0, 0.1) is 0 Å². The minimum absolute atomic E-state index is 0.148. The summed E-state index contributed by atoms with van der Waals surface area (Å²) < 4.78 is 0. The Hall–Kier alpha value is -0.900. The van der Waals surface area contributed by atoms with E-state index < -0.39 is 0 Å². The number of amides is 1. The molecule has 2 aliphatic heterocycles. The molecule has 2 saturated heterocycles. The number of hydrogen-bond acceptors (Lipinski definition) is 3. The number of hydrogen-bond donors (Lipinski definition) is 0. The number of Topliss-reactive ketones (excluding diaryl/α,β-unsaturated/α-hetero) is 1. The quantitative estimate of drug-likeness (QED) is 0.689. The molecular formula is C12H20N2O2. The summed E-state index contributed by atoms with van der Waals surface area (Å²) in [5, 5.41) is 0. The lowest BCUT2D eigenvalue weighted by Crippen LogP contribution is -2.32. The summed E-state index contributed by atoms with van der Waals surface area (Å²) in [5.41, 5.74) is 0. The summed E-state index contributed by atoms with van der Waals surface area (Å²) in [5.74, 6) is 0.358. The van der Waals surface area contributed by atoms with Crippen molar-refractivity contribution in [1.82, 2.24) is 9.80 Å². The molecule has 90 valence electrons. The third-order valence-electron chi connectivity index (χ3n) is 3.44. The van der Waals surface area contributed by atoms with Crippen molar-refractivity contribution in [2.75, 3.05) is 32.7 Å². The van der Waals surface area contributed by atoms with E-state index in [2.05, 4.69) is 4.90 Å². The second-order valence-electron chi connectivity index (χ2n) is 4.76. The second kappa shape index (κ2) is 5.43. The lowest BCUT2D eigenvalue weighted by Gasteiger charge is -2.17. The first-order valence-corrected chi connectivity index (χ1v) is 6.27. The van der Waals surface area contributed by atoms with Crippen LogP contribution >= 0.6 is 0 Å². The molecule has 2 heterocycles. The fraction of sp³-hybridized carbons (Fsp3) is 0.833. The number of carbonyl (C=O) groups excluding carboxylic acids is 2. The molecule has 0 bridgehead atoms. The van der Waals surface area contributed by atoms with Gasteiger partial charge in [0.1, 0.15) is 0 Å². The van der Waals surface area contributed by atoms with Crippen LogP contribution in [-0.2, 0) is 9.59 Å². The van der Waals surface area contributed by atoms with Gasteiger partial charge in [0.2, 0.25) is 5.91 Å². The number of likely N-dealkylation sites (tertiary alicyclic amines) is 2. The highest BCUT2D eigenvalue weighted by Crippen LogP contribution is 2.11. The number of nitrogens with zero attached hydrogens (tertiary/aromatic N) is 2. The first-order valence-electron chi connectivity index (χ1n) is 6.27. The summed E-state index contributed by atoms with van der Waals surface area (Å²) in [4.78, 5) is 27.1. The normalized spacial score (nSPS) is 22.0. The summed E-state index contributed by atoms with van der Waals surface area (Å²) in [7, 11) is 0. The molecule has 4 nitrogen and oxygen atoms in total. The van der Waals surface area contributed by atoms with E-state index in [0.29, 0.717) is 19.4 Å². The van der Waals surface area contributed by atoms with Crippen molar-refractivity contribution in [1.29, 1.82) is 0 Å². The molecule has 0 N–H and O–H groups in total. The van der Waals surface area contributed by atoms with Crippen LogP contribution in [0.15, 0.2) is 0 Å². The molecule has 0 saturated carbocycles. The molecular weight excluding hydrogens is 204 g/mol. The van der Waals surface area contributed by atoms with Gasteiger partial charge in [0.15, 0.2) is 5.78 Å². The van der Waals surface area contributed by atoms with Crippen molar-refractivity contribution in [3.05, 3.63) is 0 Å². The van der Waals surface area contributed by atoms with Gasteiger partial charge in [-0.25, -0.2) is 0 Å². The predicted octanol–water partition coefficient (Wildman–Crippen LogP) is 0.664. The molecule has 1 amide bonds. The van der Waals surface area contributed by atoms with Crippen molar-refractivity contribution in [3.63, 3.8) is 0 Å². The van der Waals surface area contributed by atoms with Crippen molar-refractivity contribution >= 4 is 11.7 Å². The Morgan fingerprint density at radius 1 is 1.12 bits per heavy atom.